The molecule has 0 saturated heterocycles. The van der Waals surface area contributed by atoms with Gasteiger partial charge in [-0.05, 0) is 18.6 Å². The standard InChI is InChI=1S/C15H16Cl2N4/c1-10-14-15(20(2)19-10)21(13(18-14)7-8-16)9-11-5-3-4-6-12(11)17/h3-6H,7-9H2,1-2H3. The summed E-state index contributed by atoms with van der Waals surface area (Å²) in [7, 11) is 1.94. The van der Waals surface area contributed by atoms with Gasteiger partial charge in [0.05, 0.1) is 12.2 Å². The van der Waals surface area contributed by atoms with Crippen molar-refractivity contribution in [3.63, 3.8) is 0 Å². The molecule has 0 aliphatic heterocycles. The zero-order chi connectivity index (χ0) is 15.0. The van der Waals surface area contributed by atoms with Gasteiger partial charge in [0.1, 0.15) is 11.3 Å². The van der Waals surface area contributed by atoms with E-state index in [0.717, 1.165) is 39.7 Å². The SMILES string of the molecule is Cc1nn(C)c2c1nc(CCCl)n2Cc1ccccc1Cl. The van der Waals surface area contributed by atoms with Crippen molar-refractivity contribution in [3.8, 4) is 0 Å². The van der Waals surface area contributed by atoms with Crippen LogP contribution in [0.1, 0.15) is 17.1 Å². The second-order valence-electron chi connectivity index (χ2n) is 5.03. The third-order valence-corrected chi connectivity index (χ3v) is 4.13. The van der Waals surface area contributed by atoms with Gasteiger partial charge >= 0.3 is 0 Å². The summed E-state index contributed by atoms with van der Waals surface area (Å²) in [5.74, 6) is 1.51. The Morgan fingerprint density at radius 1 is 1.24 bits per heavy atom. The summed E-state index contributed by atoms with van der Waals surface area (Å²) in [6.07, 6.45) is 0.722. The second kappa shape index (κ2) is 5.70. The molecule has 0 amide bonds. The Bertz CT molecular complexity index is 788. The first-order chi connectivity index (χ1) is 10.1. The molecule has 4 nitrogen and oxygen atoms in total. The van der Waals surface area contributed by atoms with Crippen molar-refractivity contribution in [3.05, 3.63) is 46.4 Å². The number of hydrogen-bond acceptors (Lipinski definition) is 2. The van der Waals surface area contributed by atoms with E-state index >= 15 is 0 Å². The largest absolute Gasteiger partial charge is 0.308 e. The summed E-state index contributed by atoms with van der Waals surface area (Å²) >= 11 is 12.2. The van der Waals surface area contributed by atoms with E-state index in [4.69, 9.17) is 28.2 Å². The predicted octanol–water partition coefficient (Wildman–Crippen LogP) is 3.56. The molecule has 3 rings (SSSR count). The highest BCUT2D eigenvalue weighted by molar-refractivity contribution is 6.31. The van der Waals surface area contributed by atoms with Crippen LogP contribution >= 0.6 is 23.2 Å². The molecule has 0 saturated carbocycles. The summed E-state index contributed by atoms with van der Waals surface area (Å²) in [6, 6.07) is 7.86. The van der Waals surface area contributed by atoms with Gasteiger partial charge in [-0.1, -0.05) is 29.8 Å². The fourth-order valence-electron chi connectivity index (χ4n) is 2.62. The lowest BCUT2D eigenvalue weighted by Crippen LogP contribution is -2.09. The second-order valence-corrected chi connectivity index (χ2v) is 5.81. The lowest BCUT2D eigenvalue weighted by atomic mass is 10.2. The molecule has 0 bridgehead atoms. The number of nitrogens with zero attached hydrogens (tertiary/aromatic N) is 4. The van der Waals surface area contributed by atoms with Crippen LogP contribution in [0.4, 0.5) is 0 Å². The molecule has 21 heavy (non-hydrogen) atoms. The van der Waals surface area contributed by atoms with E-state index in [2.05, 4.69) is 9.67 Å². The molecule has 3 aromatic rings. The van der Waals surface area contributed by atoms with Crippen LogP contribution in [0.25, 0.3) is 11.2 Å². The summed E-state index contributed by atoms with van der Waals surface area (Å²) in [6.45, 7) is 2.64. The monoisotopic (exact) mass is 322 g/mol. The first-order valence-corrected chi connectivity index (χ1v) is 7.71. The van der Waals surface area contributed by atoms with Crippen LogP contribution in [0.15, 0.2) is 24.3 Å². The normalized spacial score (nSPS) is 11.4. The van der Waals surface area contributed by atoms with E-state index < -0.39 is 0 Å². The van der Waals surface area contributed by atoms with Crippen LogP contribution < -0.4 is 0 Å². The molecule has 0 aliphatic carbocycles. The van der Waals surface area contributed by atoms with E-state index in [1.807, 2.05) is 42.9 Å². The van der Waals surface area contributed by atoms with Gasteiger partial charge in [-0.25, -0.2) is 4.98 Å². The average molecular weight is 323 g/mol. The maximum atomic E-state index is 6.28. The highest BCUT2D eigenvalue weighted by atomic mass is 35.5. The maximum absolute atomic E-state index is 6.28. The minimum atomic E-state index is 0.540. The zero-order valence-electron chi connectivity index (χ0n) is 12.0. The number of alkyl halides is 1. The lowest BCUT2D eigenvalue weighted by molar-refractivity contribution is 0.692. The number of benzene rings is 1. The Balaban J connectivity index is 2.15. The number of aryl methyl sites for hydroxylation is 3. The summed E-state index contributed by atoms with van der Waals surface area (Å²) < 4.78 is 4.02. The minimum Gasteiger partial charge on any atom is -0.308 e. The fourth-order valence-corrected chi connectivity index (χ4v) is 2.98. The molecule has 0 unspecified atom stereocenters. The van der Waals surface area contributed by atoms with Crippen molar-refractivity contribution < 1.29 is 0 Å². The van der Waals surface area contributed by atoms with E-state index in [0.29, 0.717) is 12.4 Å². The van der Waals surface area contributed by atoms with Crippen molar-refractivity contribution >= 4 is 34.4 Å². The lowest BCUT2D eigenvalue weighted by Gasteiger charge is -2.10. The number of aromatic nitrogens is 4. The van der Waals surface area contributed by atoms with Crippen LogP contribution in [-0.2, 0) is 20.0 Å². The molecule has 0 radical (unpaired) electrons. The molecule has 110 valence electrons. The van der Waals surface area contributed by atoms with Crippen molar-refractivity contribution in [1.29, 1.82) is 0 Å². The molecule has 0 aliphatic rings. The molecule has 2 heterocycles. The number of imidazole rings is 1. The van der Waals surface area contributed by atoms with Crippen LogP contribution in [0, 0.1) is 6.92 Å². The molecule has 0 N–H and O–H groups in total. The highest BCUT2D eigenvalue weighted by Gasteiger charge is 2.17. The van der Waals surface area contributed by atoms with E-state index in [9.17, 15) is 0 Å². The molecule has 0 fully saturated rings. The Hall–Kier alpha value is -1.52. The van der Waals surface area contributed by atoms with Gasteiger partial charge < -0.3 is 4.57 Å². The zero-order valence-corrected chi connectivity index (χ0v) is 13.5. The number of hydrogen-bond donors (Lipinski definition) is 0. The van der Waals surface area contributed by atoms with Crippen molar-refractivity contribution in [2.45, 2.75) is 19.9 Å². The average Bonchev–Trinajstić information content (AvgIpc) is 2.93. The number of fused-ring (bicyclic) bond motifs is 1. The number of halogens is 2. The Morgan fingerprint density at radius 3 is 2.71 bits per heavy atom. The first-order valence-electron chi connectivity index (χ1n) is 6.80. The first kappa shape index (κ1) is 14.4. The molecular formula is C15H16Cl2N4. The topological polar surface area (TPSA) is 35.6 Å². The predicted molar refractivity (Wildman–Crippen MR) is 86.2 cm³/mol. The van der Waals surface area contributed by atoms with Gasteiger partial charge in [0.2, 0.25) is 0 Å². The molecule has 1 aromatic carbocycles. The third-order valence-electron chi connectivity index (χ3n) is 3.57. The van der Waals surface area contributed by atoms with Crippen LogP contribution in [-0.4, -0.2) is 25.2 Å². The quantitative estimate of drug-likeness (QED) is 0.688. The van der Waals surface area contributed by atoms with Gasteiger partial charge in [-0.3, -0.25) is 4.68 Å². The van der Waals surface area contributed by atoms with Gasteiger partial charge in [0.25, 0.3) is 0 Å². The molecular weight excluding hydrogens is 307 g/mol. The Kier molecular flexibility index (Phi) is 3.91. The fraction of sp³-hybridized carbons (Fsp3) is 0.333. The van der Waals surface area contributed by atoms with Gasteiger partial charge in [0, 0.05) is 24.4 Å². The van der Waals surface area contributed by atoms with Gasteiger partial charge in [0.15, 0.2) is 5.65 Å². The van der Waals surface area contributed by atoms with Crippen LogP contribution in [0.5, 0.6) is 0 Å². The molecule has 6 heteroatoms. The summed E-state index contributed by atoms with van der Waals surface area (Å²) in [5, 5.41) is 5.20. The molecule has 0 spiro atoms. The molecule has 2 aromatic heterocycles. The van der Waals surface area contributed by atoms with E-state index in [-0.39, 0.29) is 0 Å². The highest BCUT2D eigenvalue weighted by Crippen LogP contribution is 2.23. The van der Waals surface area contributed by atoms with Crippen LogP contribution in [0.2, 0.25) is 5.02 Å². The maximum Gasteiger partial charge on any atom is 0.158 e. The van der Waals surface area contributed by atoms with Gasteiger partial charge in [-0.2, -0.15) is 5.10 Å². The summed E-state index contributed by atoms with van der Waals surface area (Å²) in [5.41, 5.74) is 3.94. The Labute approximate surface area is 133 Å². The number of rotatable bonds is 4. The Morgan fingerprint density at radius 2 is 2.00 bits per heavy atom. The third kappa shape index (κ3) is 2.54. The van der Waals surface area contributed by atoms with Crippen molar-refractivity contribution in [1.82, 2.24) is 19.3 Å². The van der Waals surface area contributed by atoms with Gasteiger partial charge in [-0.15, -0.1) is 11.6 Å². The smallest absolute Gasteiger partial charge is 0.158 e. The summed E-state index contributed by atoms with van der Waals surface area (Å²) in [4.78, 5) is 4.70. The van der Waals surface area contributed by atoms with Crippen LogP contribution in [0.3, 0.4) is 0 Å². The minimum absolute atomic E-state index is 0.540. The van der Waals surface area contributed by atoms with Crippen molar-refractivity contribution in [2.24, 2.45) is 7.05 Å². The van der Waals surface area contributed by atoms with E-state index in [1.54, 1.807) is 0 Å². The van der Waals surface area contributed by atoms with Crippen molar-refractivity contribution in [2.75, 3.05) is 5.88 Å². The van der Waals surface area contributed by atoms with E-state index in [1.165, 1.54) is 0 Å². The molecule has 0 atom stereocenters.